The maximum atomic E-state index is 10.4. The summed E-state index contributed by atoms with van der Waals surface area (Å²) in [5, 5.41) is 23.7. The Balaban J connectivity index is 1.52. The molecule has 3 rings (SSSR count). The normalized spacial score (nSPS) is 22.0. The van der Waals surface area contributed by atoms with Gasteiger partial charge in [0.05, 0.1) is 18.8 Å². The molecule has 2 aromatic rings. The Morgan fingerprint density at radius 1 is 1.00 bits per heavy atom. The van der Waals surface area contributed by atoms with Crippen LogP contribution in [-0.2, 0) is 4.74 Å². The molecule has 152 valence electrons. The van der Waals surface area contributed by atoms with Crippen molar-refractivity contribution in [2.24, 2.45) is 5.92 Å². The Morgan fingerprint density at radius 2 is 1.68 bits per heavy atom. The Hall–Kier alpha value is -1.72. The number of hydrogen-bond acceptors (Lipinski definition) is 4. The summed E-state index contributed by atoms with van der Waals surface area (Å²) in [6.07, 6.45) is 3.27. The zero-order valence-electron chi connectivity index (χ0n) is 16.8. The quantitative estimate of drug-likeness (QED) is 0.619. The van der Waals surface area contributed by atoms with Crippen LogP contribution in [0.1, 0.15) is 48.5 Å². The van der Waals surface area contributed by atoms with Crippen LogP contribution in [0.25, 0.3) is 0 Å². The van der Waals surface area contributed by atoms with Crippen LogP contribution in [0.4, 0.5) is 0 Å². The molecule has 1 saturated carbocycles. The summed E-state index contributed by atoms with van der Waals surface area (Å²) < 4.78 is 6.14. The fourth-order valence-electron chi connectivity index (χ4n) is 3.88. The van der Waals surface area contributed by atoms with E-state index in [0.29, 0.717) is 12.5 Å². The number of aliphatic hydroxyl groups is 2. The highest BCUT2D eigenvalue weighted by Gasteiger charge is 2.23. The average Bonchev–Trinajstić information content (AvgIpc) is 2.72. The highest BCUT2D eigenvalue weighted by Crippen LogP contribution is 2.26. The van der Waals surface area contributed by atoms with Gasteiger partial charge in [0.2, 0.25) is 0 Å². The minimum atomic E-state index is -0.586. The molecule has 1 aliphatic rings. The van der Waals surface area contributed by atoms with E-state index >= 15 is 0 Å². The molecular formula is C24H33NO3. The molecule has 2 unspecified atom stereocenters. The van der Waals surface area contributed by atoms with Crippen LogP contribution >= 0.6 is 0 Å². The SMILES string of the molecule is Cc1ccc(C(OCC(O)CNC[C@H]2CCCC[C@@H]2O)c2ccccc2)cc1. The Bertz CT molecular complexity index is 689. The van der Waals surface area contributed by atoms with Gasteiger partial charge in [-0.25, -0.2) is 0 Å². The molecule has 4 nitrogen and oxygen atoms in total. The number of nitrogens with one attached hydrogen (secondary N) is 1. The van der Waals surface area contributed by atoms with E-state index in [0.717, 1.165) is 36.9 Å². The predicted octanol–water partition coefficient (Wildman–Crippen LogP) is 3.60. The summed E-state index contributed by atoms with van der Waals surface area (Å²) in [6, 6.07) is 18.5. The van der Waals surface area contributed by atoms with Crippen LogP contribution in [0.5, 0.6) is 0 Å². The summed E-state index contributed by atoms with van der Waals surface area (Å²) in [5.74, 6) is 0.298. The molecule has 4 atom stereocenters. The summed E-state index contributed by atoms with van der Waals surface area (Å²) in [5.41, 5.74) is 3.38. The van der Waals surface area contributed by atoms with Crippen molar-refractivity contribution < 1.29 is 14.9 Å². The summed E-state index contributed by atoms with van der Waals surface area (Å²) in [7, 11) is 0. The van der Waals surface area contributed by atoms with Gasteiger partial charge < -0.3 is 20.3 Å². The second-order valence-electron chi connectivity index (χ2n) is 7.96. The molecule has 1 aliphatic carbocycles. The molecule has 0 spiro atoms. The Kier molecular flexibility index (Phi) is 8.04. The maximum Gasteiger partial charge on any atom is 0.108 e. The molecule has 0 aromatic heterocycles. The van der Waals surface area contributed by atoms with E-state index in [1.807, 2.05) is 18.2 Å². The molecule has 3 N–H and O–H groups in total. The smallest absolute Gasteiger partial charge is 0.108 e. The van der Waals surface area contributed by atoms with Crippen molar-refractivity contribution in [2.45, 2.75) is 50.9 Å². The standard InChI is InChI=1S/C24H33NO3/c1-18-11-13-20(14-12-18)24(19-7-3-2-4-8-19)28-17-22(26)16-25-15-21-9-5-6-10-23(21)27/h2-4,7-8,11-14,21-27H,5-6,9-10,15-17H2,1H3/t21-,22?,23+,24?/m1/s1. The molecule has 0 heterocycles. The molecule has 0 radical (unpaired) electrons. The van der Waals surface area contributed by atoms with Crippen LogP contribution in [-0.4, -0.2) is 42.1 Å². The second-order valence-corrected chi connectivity index (χ2v) is 7.96. The number of hydrogen-bond donors (Lipinski definition) is 3. The van der Waals surface area contributed by atoms with Crippen LogP contribution in [0.2, 0.25) is 0 Å². The monoisotopic (exact) mass is 383 g/mol. The molecule has 0 amide bonds. The number of aryl methyl sites for hydroxylation is 1. The van der Waals surface area contributed by atoms with E-state index in [2.05, 4.69) is 48.6 Å². The lowest BCUT2D eigenvalue weighted by Crippen LogP contribution is -2.38. The lowest BCUT2D eigenvalue weighted by Gasteiger charge is -2.28. The van der Waals surface area contributed by atoms with Crippen molar-refractivity contribution in [2.75, 3.05) is 19.7 Å². The molecule has 4 heteroatoms. The predicted molar refractivity (Wildman–Crippen MR) is 112 cm³/mol. The number of benzene rings is 2. The fraction of sp³-hybridized carbons (Fsp3) is 0.500. The van der Waals surface area contributed by atoms with Gasteiger partial charge in [-0.15, -0.1) is 0 Å². The summed E-state index contributed by atoms with van der Waals surface area (Å²) in [4.78, 5) is 0. The summed E-state index contributed by atoms with van der Waals surface area (Å²) >= 11 is 0. The van der Waals surface area contributed by atoms with E-state index in [1.54, 1.807) is 0 Å². The first-order valence-corrected chi connectivity index (χ1v) is 10.4. The van der Waals surface area contributed by atoms with Crippen LogP contribution in [0.15, 0.2) is 54.6 Å². The van der Waals surface area contributed by atoms with Gasteiger partial charge in [0.25, 0.3) is 0 Å². The zero-order valence-corrected chi connectivity index (χ0v) is 16.8. The van der Waals surface area contributed by atoms with Crippen LogP contribution < -0.4 is 5.32 Å². The summed E-state index contributed by atoms with van der Waals surface area (Å²) in [6.45, 7) is 3.55. The Morgan fingerprint density at radius 3 is 2.39 bits per heavy atom. The van der Waals surface area contributed by atoms with E-state index < -0.39 is 6.10 Å². The third-order valence-corrected chi connectivity index (χ3v) is 5.59. The van der Waals surface area contributed by atoms with Gasteiger partial charge in [-0.3, -0.25) is 0 Å². The van der Waals surface area contributed by atoms with Gasteiger partial charge in [0.1, 0.15) is 6.10 Å². The maximum absolute atomic E-state index is 10.4. The number of rotatable bonds is 9. The lowest BCUT2D eigenvalue weighted by molar-refractivity contribution is 0.00471. The average molecular weight is 384 g/mol. The Labute approximate surface area is 168 Å². The topological polar surface area (TPSA) is 61.7 Å². The molecule has 0 aliphatic heterocycles. The van der Waals surface area contributed by atoms with Crippen molar-refractivity contribution in [1.82, 2.24) is 5.32 Å². The van der Waals surface area contributed by atoms with Crippen LogP contribution in [0, 0.1) is 12.8 Å². The van der Waals surface area contributed by atoms with Crippen molar-refractivity contribution in [1.29, 1.82) is 0 Å². The van der Waals surface area contributed by atoms with Gasteiger partial charge >= 0.3 is 0 Å². The van der Waals surface area contributed by atoms with E-state index in [4.69, 9.17) is 4.74 Å². The van der Waals surface area contributed by atoms with Gasteiger partial charge in [-0.2, -0.15) is 0 Å². The molecule has 0 bridgehead atoms. The van der Waals surface area contributed by atoms with Gasteiger partial charge in [0, 0.05) is 13.1 Å². The minimum Gasteiger partial charge on any atom is -0.393 e. The zero-order chi connectivity index (χ0) is 19.8. The van der Waals surface area contributed by atoms with E-state index in [-0.39, 0.29) is 18.8 Å². The molecule has 0 saturated heterocycles. The molecule has 28 heavy (non-hydrogen) atoms. The van der Waals surface area contributed by atoms with Crippen molar-refractivity contribution in [3.8, 4) is 0 Å². The van der Waals surface area contributed by atoms with Gasteiger partial charge in [-0.1, -0.05) is 73.0 Å². The first-order chi connectivity index (χ1) is 13.6. The fourth-order valence-corrected chi connectivity index (χ4v) is 3.88. The minimum absolute atomic E-state index is 0.198. The second kappa shape index (κ2) is 10.7. The first-order valence-electron chi connectivity index (χ1n) is 10.4. The third kappa shape index (κ3) is 6.14. The van der Waals surface area contributed by atoms with Gasteiger partial charge in [-0.05, 0) is 36.8 Å². The highest BCUT2D eigenvalue weighted by atomic mass is 16.5. The molecule has 1 fully saturated rings. The largest absolute Gasteiger partial charge is 0.393 e. The van der Waals surface area contributed by atoms with Crippen LogP contribution in [0.3, 0.4) is 0 Å². The molecular weight excluding hydrogens is 350 g/mol. The van der Waals surface area contributed by atoms with Crippen molar-refractivity contribution in [3.05, 3.63) is 71.3 Å². The lowest BCUT2D eigenvalue weighted by atomic mass is 9.86. The van der Waals surface area contributed by atoms with E-state index in [1.165, 1.54) is 12.0 Å². The highest BCUT2D eigenvalue weighted by molar-refractivity contribution is 5.31. The number of ether oxygens (including phenoxy) is 1. The first kappa shape index (κ1) is 21.0. The van der Waals surface area contributed by atoms with Crippen molar-refractivity contribution >= 4 is 0 Å². The molecule has 2 aromatic carbocycles. The van der Waals surface area contributed by atoms with Gasteiger partial charge in [0.15, 0.2) is 0 Å². The third-order valence-electron chi connectivity index (χ3n) is 5.59. The van der Waals surface area contributed by atoms with E-state index in [9.17, 15) is 10.2 Å². The number of aliphatic hydroxyl groups excluding tert-OH is 2. The van der Waals surface area contributed by atoms with Crippen molar-refractivity contribution in [3.63, 3.8) is 0 Å².